The molecule has 3 N–H and O–H groups in total. The van der Waals surface area contributed by atoms with Crippen LogP contribution in [0.1, 0.15) is 78.1 Å². The van der Waals surface area contributed by atoms with Gasteiger partial charge in [0.25, 0.3) is 5.91 Å². The molecular formula is C46H54FN5O9S. The van der Waals surface area contributed by atoms with Crippen molar-refractivity contribution in [1.29, 1.82) is 0 Å². The van der Waals surface area contributed by atoms with Crippen LogP contribution in [0.3, 0.4) is 0 Å². The molecule has 1 saturated heterocycles. The Labute approximate surface area is 360 Å². The Hall–Kier alpha value is -5.25. The first-order valence-corrected chi connectivity index (χ1v) is 23.5. The van der Waals surface area contributed by atoms with Crippen molar-refractivity contribution in [2.75, 3.05) is 13.7 Å². The minimum absolute atomic E-state index is 0.0109. The average molecular weight is 872 g/mol. The number of ether oxygens (including phenoxy) is 3. The van der Waals surface area contributed by atoms with Gasteiger partial charge in [-0.25, -0.2) is 22.6 Å². The van der Waals surface area contributed by atoms with Gasteiger partial charge in [-0.1, -0.05) is 26.0 Å². The number of benzene rings is 2. The number of carbonyl (C=O) groups is 4. The van der Waals surface area contributed by atoms with Crippen molar-refractivity contribution in [2.45, 2.75) is 113 Å². The normalized spacial score (nSPS) is 32.5. The lowest BCUT2D eigenvalue weighted by Gasteiger charge is -2.33. The Morgan fingerprint density at radius 2 is 1.71 bits per heavy atom. The van der Waals surface area contributed by atoms with Crippen molar-refractivity contribution < 1.29 is 46.2 Å². The summed E-state index contributed by atoms with van der Waals surface area (Å²) < 4.78 is 60.3. The minimum Gasteiger partial charge on any atom is -0.497 e. The lowest BCUT2D eigenvalue weighted by Crippen LogP contribution is -2.59. The van der Waals surface area contributed by atoms with Gasteiger partial charge in [0.05, 0.1) is 24.6 Å². The maximum Gasteiger partial charge on any atom is 0.408 e. The highest BCUT2D eigenvalue weighted by Crippen LogP contribution is 2.52. The van der Waals surface area contributed by atoms with E-state index >= 15 is 4.79 Å². The van der Waals surface area contributed by atoms with Crippen LogP contribution in [0, 0.1) is 35.4 Å². The second kappa shape index (κ2) is 16.5. The summed E-state index contributed by atoms with van der Waals surface area (Å²) in [5, 5.41) is 6.53. The molecule has 2 aromatic carbocycles. The number of hydrogen-bond acceptors (Lipinski definition) is 10. The van der Waals surface area contributed by atoms with E-state index in [-0.39, 0.29) is 43.2 Å². The number of pyridine rings is 1. The van der Waals surface area contributed by atoms with Crippen LogP contribution in [-0.4, -0.2) is 90.9 Å². The number of halogens is 1. The fourth-order valence-corrected chi connectivity index (χ4v) is 11.3. The predicted octanol–water partition coefficient (Wildman–Crippen LogP) is 5.79. The van der Waals surface area contributed by atoms with Crippen LogP contribution in [-0.2, 0) is 29.1 Å². The summed E-state index contributed by atoms with van der Waals surface area (Å²) in [4.78, 5) is 63.6. The van der Waals surface area contributed by atoms with Crippen molar-refractivity contribution in [3.63, 3.8) is 0 Å². The molecule has 16 heteroatoms. The Morgan fingerprint density at radius 1 is 0.952 bits per heavy atom. The van der Waals surface area contributed by atoms with E-state index < -0.39 is 74.5 Å². The molecule has 9 rings (SSSR count). The average Bonchev–Trinajstić information content (AvgIpc) is 4.20. The van der Waals surface area contributed by atoms with Crippen molar-refractivity contribution in [2.24, 2.45) is 29.6 Å². The van der Waals surface area contributed by atoms with Crippen molar-refractivity contribution >= 4 is 44.6 Å². The topological polar surface area (TPSA) is 182 Å². The zero-order valence-corrected chi connectivity index (χ0v) is 36.0. The summed E-state index contributed by atoms with van der Waals surface area (Å²) in [7, 11) is -2.38. The van der Waals surface area contributed by atoms with Crippen LogP contribution >= 0.6 is 0 Å². The first kappa shape index (κ1) is 42.1. The number of sulfonamides is 1. The highest BCUT2D eigenvalue weighted by molar-refractivity contribution is 7.91. The van der Waals surface area contributed by atoms with E-state index in [1.165, 1.54) is 17.0 Å². The van der Waals surface area contributed by atoms with Gasteiger partial charge in [-0.15, -0.1) is 0 Å². The highest BCUT2D eigenvalue weighted by atomic mass is 32.2. The quantitative estimate of drug-likeness (QED) is 0.223. The third-order valence-electron chi connectivity index (χ3n) is 13.8. The summed E-state index contributed by atoms with van der Waals surface area (Å²) in [5.41, 5.74) is -0.422. The van der Waals surface area contributed by atoms with E-state index in [1.807, 2.05) is 31.2 Å². The number of nitrogens with one attached hydrogen (secondary N) is 3. The third kappa shape index (κ3) is 8.71. The first-order chi connectivity index (χ1) is 29.7. The van der Waals surface area contributed by atoms with E-state index in [1.54, 1.807) is 31.4 Å². The second-order valence-electron chi connectivity index (χ2n) is 18.5. The Bertz CT molecular complexity index is 2400. The molecule has 4 aliphatic carbocycles. The monoisotopic (exact) mass is 871 g/mol. The van der Waals surface area contributed by atoms with Gasteiger partial charge in [0.1, 0.15) is 41.4 Å². The molecule has 6 aliphatic rings. The summed E-state index contributed by atoms with van der Waals surface area (Å²) in [5.74, 6) is -1.07. The summed E-state index contributed by atoms with van der Waals surface area (Å²) in [6, 6.07) is 10.9. The van der Waals surface area contributed by atoms with Crippen LogP contribution in [0.15, 0.2) is 60.7 Å². The molecule has 62 heavy (non-hydrogen) atoms. The number of alkyl carbamates (subject to hydrolysis) is 1. The lowest BCUT2D eigenvalue weighted by molar-refractivity contribution is -0.142. The Kier molecular flexibility index (Phi) is 11.2. The van der Waals surface area contributed by atoms with Gasteiger partial charge in [-0.2, -0.15) is 0 Å². The van der Waals surface area contributed by atoms with Crippen molar-refractivity contribution in [3.8, 4) is 22.9 Å². The fourth-order valence-electron chi connectivity index (χ4n) is 9.91. The molecule has 4 saturated carbocycles. The molecule has 5 fully saturated rings. The zero-order chi connectivity index (χ0) is 43.5. The van der Waals surface area contributed by atoms with Crippen LogP contribution < -0.4 is 24.8 Å². The van der Waals surface area contributed by atoms with Crippen LogP contribution in [0.4, 0.5) is 9.18 Å². The maximum absolute atomic E-state index is 15.1. The van der Waals surface area contributed by atoms with Crippen LogP contribution in [0.5, 0.6) is 11.6 Å². The van der Waals surface area contributed by atoms with E-state index in [4.69, 9.17) is 19.2 Å². The molecule has 2 aliphatic heterocycles. The number of allylic oxidation sites excluding steroid dienone is 1. The molecule has 330 valence electrons. The first-order valence-electron chi connectivity index (χ1n) is 21.9. The highest BCUT2D eigenvalue weighted by Gasteiger charge is 2.62. The van der Waals surface area contributed by atoms with Gasteiger partial charge in [0.2, 0.25) is 27.7 Å². The van der Waals surface area contributed by atoms with E-state index in [2.05, 4.69) is 22.3 Å². The van der Waals surface area contributed by atoms with E-state index in [0.29, 0.717) is 59.9 Å². The summed E-state index contributed by atoms with van der Waals surface area (Å²) in [6.07, 6.45) is 8.01. The van der Waals surface area contributed by atoms with E-state index in [0.717, 1.165) is 31.1 Å². The molecule has 0 unspecified atom stereocenters. The molecule has 0 radical (unpaired) electrons. The number of fused-ring (bicyclic) bond motifs is 4. The van der Waals surface area contributed by atoms with Gasteiger partial charge in [0, 0.05) is 23.3 Å². The molecule has 4 amide bonds. The Morgan fingerprint density at radius 3 is 2.44 bits per heavy atom. The molecular weight excluding hydrogens is 818 g/mol. The van der Waals surface area contributed by atoms with E-state index in [9.17, 15) is 27.2 Å². The molecule has 0 bridgehead atoms. The summed E-state index contributed by atoms with van der Waals surface area (Å²) >= 11 is 0. The SMILES string of the molecule is COc1ccc2c(O[C@@H]3C[C@H]4C(=O)N[C@]5(C(=O)NS(=O)(=O)C6CC6)C[C@H]5/C=C\CC[C@H](C)C[C@@H](C)[C@H](NC(=O)O[C@@H]5C[C@@H]6C[C@@H]6C5)C(=O)N4C3)nc(-c3ccc(F)cc3)cc2c1. The number of rotatable bonds is 9. The van der Waals surface area contributed by atoms with Gasteiger partial charge >= 0.3 is 6.09 Å². The molecule has 14 nitrogen and oxygen atoms in total. The number of hydrogen-bond donors (Lipinski definition) is 3. The minimum atomic E-state index is -3.94. The fraction of sp³-hybridized carbons (Fsp3) is 0.543. The van der Waals surface area contributed by atoms with Crippen molar-refractivity contribution in [3.05, 3.63) is 66.5 Å². The van der Waals surface area contributed by atoms with Crippen molar-refractivity contribution in [1.82, 2.24) is 25.2 Å². The van der Waals surface area contributed by atoms with Gasteiger partial charge in [0.15, 0.2) is 0 Å². The zero-order valence-electron chi connectivity index (χ0n) is 35.2. The van der Waals surface area contributed by atoms with Crippen LogP contribution in [0.25, 0.3) is 22.0 Å². The molecule has 0 spiro atoms. The van der Waals surface area contributed by atoms with Gasteiger partial charge in [-0.05, 0) is 135 Å². The largest absolute Gasteiger partial charge is 0.497 e. The predicted molar refractivity (Wildman–Crippen MR) is 227 cm³/mol. The van der Waals surface area contributed by atoms with Crippen LogP contribution in [0.2, 0.25) is 0 Å². The second-order valence-corrected chi connectivity index (χ2v) is 20.5. The van der Waals surface area contributed by atoms with Gasteiger partial charge in [-0.3, -0.25) is 19.1 Å². The third-order valence-corrected chi connectivity index (χ3v) is 15.6. The lowest BCUT2D eigenvalue weighted by atomic mass is 9.88. The number of nitrogens with zero attached hydrogens (tertiary/aromatic N) is 2. The summed E-state index contributed by atoms with van der Waals surface area (Å²) in [6.45, 7) is 3.93. The molecule has 3 heterocycles. The van der Waals surface area contributed by atoms with Gasteiger partial charge < -0.3 is 29.7 Å². The maximum atomic E-state index is 15.1. The standard InChI is InChI=1S/C46H54FN5O9S/c1-25-6-4-5-7-31-23-46(31,44(55)51-62(57,58)36-13-14-36)50-41(53)39-22-35(24-52(39)43(54)40(26(2)16-25)49-45(56)61-34-18-28-17-29(28)19-34)60-42-37-15-12-33(59-3)20-30(37)21-38(48-42)27-8-10-32(47)11-9-27/h5,7-12,15,20-21,25-26,28-29,31,34-36,39-40H,4,6,13-14,16-19,22-24H2,1-3H3,(H,49,56)(H,50,53)(H,51,55)/b7-5-/t25-,26+,28-,29+,31+,34+,35+,39-,40-,46+/m0/s1. The number of carbonyl (C=O) groups excluding carboxylic acids is 4. The Balaban J connectivity index is 1.05. The number of amides is 4. The molecule has 3 aromatic rings. The smallest absolute Gasteiger partial charge is 0.408 e. The number of aromatic nitrogens is 1. The molecule has 1 aromatic heterocycles. The number of methoxy groups -OCH3 is 1. The molecule has 10 atom stereocenters.